The third-order valence-electron chi connectivity index (χ3n) is 2.79. The van der Waals surface area contributed by atoms with Crippen LogP contribution in [0, 0.1) is 10.1 Å². The number of para-hydroxylation sites is 1. The minimum atomic E-state index is -0.972. The smallest absolute Gasteiger partial charge is 0.336 e. The minimum absolute atomic E-state index is 0.00751. The van der Waals surface area contributed by atoms with E-state index in [0.29, 0.717) is 0 Å². The zero-order chi connectivity index (χ0) is 14.7. The van der Waals surface area contributed by atoms with Gasteiger partial charge < -0.3 is 10.1 Å². The Kier molecular flexibility index (Phi) is 3.74. The maximum Gasteiger partial charge on any atom is 0.336 e. The van der Waals surface area contributed by atoms with Gasteiger partial charge in [0.1, 0.15) is 11.6 Å². The number of nitro benzene ring substituents is 1. The first-order chi connectivity index (χ1) is 9.49. The predicted octanol–water partition coefficient (Wildman–Crippen LogP) is 0.557. The molecule has 0 bridgehead atoms. The largest absolute Gasteiger partial charge is 0.392 e. The summed E-state index contributed by atoms with van der Waals surface area (Å²) in [5.74, 6) is -2.26. The number of nitro groups is 1. The number of carbonyl (C=O) groups is 3. The van der Waals surface area contributed by atoms with Gasteiger partial charge in [-0.1, -0.05) is 12.1 Å². The van der Waals surface area contributed by atoms with Crippen molar-refractivity contribution in [1.29, 1.82) is 0 Å². The zero-order valence-corrected chi connectivity index (χ0v) is 10.2. The van der Waals surface area contributed by atoms with Gasteiger partial charge >= 0.3 is 11.9 Å². The fourth-order valence-corrected chi connectivity index (χ4v) is 1.81. The predicted molar refractivity (Wildman–Crippen MR) is 64.7 cm³/mol. The highest BCUT2D eigenvalue weighted by molar-refractivity contribution is 6.01. The third-order valence-corrected chi connectivity index (χ3v) is 2.79. The molecule has 0 saturated carbocycles. The number of ether oxygens (including phenoxy) is 1. The number of rotatable bonds is 3. The van der Waals surface area contributed by atoms with Crippen molar-refractivity contribution in [2.24, 2.45) is 0 Å². The second kappa shape index (κ2) is 5.47. The van der Waals surface area contributed by atoms with Crippen LogP contribution in [-0.4, -0.2) is 28.8 Å². The molecule has 0 aromatic heterocycles. The molecular weight excluding hydrogens is 268 g/mol. The molecular formula is C12H10N2O6. The number of benzene rings is 1. The summed E-state index contributed by atoms with van der Waals surface area (Å²) in [6, 6.07) is 4.41. The molecule has 8 nitrogen and oxygen atoms in total. The van der Waals surface area contributed by atoms with E-state index in [1.165, 1.54) is 24.3 Å². The van der Waals surface area contributed by atoms with Crippen LogP contribution in [0.5, 0.6) is 0 Å². The van der Waals surface area contributed by atoms with Crippen molar-refractivity contribution in [2.75, 3.05) is 0 Å². The summed E-state index contributed by atoms with van der Waals surface area (Å²) in [7, 11) is 0. The van der Waals surface area contributed by atoms with E-state index in [0.717, 1.165) is 0 Å². The van der Waals surface area contributed by atoms with Crippen LogP contribution >= 0.6 is 0 Å². The van der Waals surface area contributed by atoms with Crippen LogP contribution in [0.1, 0.15) is 23.2 Å². The molecule has 1 N–H and O–H groups in total. The molecule has 20 heavy (non-hydrogen) atoms. The molecule has 2 rings (SSSR count). The number of amides is 1. The van der Waals surface area contributed by atoms with Crippen LogP contribution in [0.25, 0.3) is 0 Å². The molecule has 8 heteroatoms. The molecule has 1 heterocycles. The molecule has 1 unspecified atom stereocenters. The minimum Gasteiger partial charge on any atom is -0.392 e. The van der Waals surface area contributed by atoms with Crippen molar-refractivity contribution in [3.05, 3.63) is 39.9 Å². The zero-order valence-electron chi connectivity index (χ0n) is 10.2. The van der Waals surface area contributed by atoms with Crippen LogP contribution in [0.4, 0.5) is 5.69 Å². The second-order valence-corrected chi connectivity index (χ2v) is 4.13. The molecule has 1 aromatic carbocycles. The first-order valence-electron chi connectivity index (χ1n) is 5.78. The van der Waals surface area contributed by atoms with E-state index in [1.54, 1.807) is 0 Å². The second-order valence-electron chi connectivity index (χ2n) is 4.13. The van der Waals surface area contributed by atoms with Crippen LogP contribution in [0.2, 0.25) is 0 Å². The topological polar surface area (TPSA) is 116 Å². The number of carbonyl (C=O) groups excluding carboxylic acids is 3. The third kappa shape index (κ3) is 2.79. The number of nitrogens with zero attached hydrogens (tertiary/aromatic N) is 1. The van der Waals surface area contributed by atoms with Crippen LogP contribution in [-0.2, 0) is 14.3 Å². The number of hydrogen-bond donors (Lipinski definition) is 1. The van der Waals surface area contributed by atoms with Crippen molar-refractivity contribution in [3.63, 3.8) is 0 Å². The molecule has 0 aliphatic carbocycles. The summed E-state index contributed by atoms with van der Waals surface area (Å²) < 4.78 is 4.39. The lowest BCUT2D eigenvalue weighted by Gasteiger charge is -2.20. The summed E-state index contributed by atoms with van der Waals surface area (Å²) >= 11 is 0. The molecule has 0 radical (unpaired) electrons. The Balaban J connectivity index is 2.15. The number of cyclic esters (lactones) is 2. The van der Waals surface area contributed by atoms with Crippen LogP contribution < -0.4 is 5.32 Å². The molecule has 1 saturated heterocycles. The Morgan fingerprint density at radius 3 is 2.70 bits per heavy atom. The molecule has 1 aliphatic rings. The summed E-state index contributed by atoms with van der Waals surface area (Å²) in [5.41, 5.74) is -0.507. The van der Waals surface area contributed by atoms with Gasteiger partial charge in [0, 0.05) is 12.5 Å². The summed E-state index contributed by atoms with van der Waals surface area (Å²) in [6.45, 7) is 0. The van der Waals surface area contributed by atoms with Crippen molar-refractivity contribution < 1.29 is 24.0 Å². The number of esters is 2. The van der Waals surface area contributed by atoms with Crippen molar-refractivity contribution in [2.45, 2.75) is 18.9 Å². The molecule has 104 valence electrons. The maximum atomic E-state index is 12.0. The highest BCUT2D eigenvalue weighted by Gasteiger charge is 2.31. The van der Waals surface area contributed by atoms with Gasteiger partial charge in [-0.2, -0.15) is 0 Å². The van der Waals surface area contributed by atoms with E-state index >= 15 is 0 Å². The quantitative estimate of drug-likeness (QED) is 0.373. The van der Waals surface area contributed by atoms with E-state index < -0.39 is 28.8 Å². The van der Waals surface area contributed by atoms with Gasteiger partial charge in [0.05, 0.1) is 4.92 Å². The standard InChI is InChI=1S/C12H10N2O6/c15-10-6-5-8(12(17)20-10)13-11(16)7-3-1-2-4-9(7)14(18)19/h1-4,8H,5-6H2,(H,13,16). The maximum absolute atomic E-state index is 12.0. The number of nitrogens with one attached hydrogen (secondary N) is 1. The van der Waals surface area contributed by atoms with E-state index in [1.807, 2.05) is 0 Å². The highest BCUT2D eigenvalue weighted by Crippen LogP contribution is 2.18. The monoisotopic (exact) mass is 278 g/mol. The fraction of sp³-hybridized carbons (Fsp3) is 0.250. The molecule has 1 atom stereocenters. The highest BCUT2D eigenvalue weighted by atomic mass is 16.6. The van der Waals surface area contributed by atoms with E-state index in [-0.39, 0.29) is 24.1 Å². The van der Waals surface area contributed by atoms with Crippen molar-refractivity contribution >= 4 is 23.5 Å². The van der Waals surface area contributed by atoms with E-state index in [4.69, 9.17) is 0 Å². The van der Waals surface area contributed by atoms with Gasteiger partial charge in [-0.25, -0.2) is 4.79 Å². The summed E-state index contributed by atoms with van der Waals surface area (Å²) in [4.78, 5) is 44.4. The van der Waals surface area contributed by atoms with E-state index in [9.17, 15) is 24.5 Å². The van der Waals surface area contributed by atoms with Gasteiger partial charge in [-0.15, -0.1) is 0 Å². The molecule has 1 aromatic rings. The average Bonchev–Trinajstić information content (AvgIpc) is 2.41. The number of hydrogen-bond acceptors (Lipinski definition) is 6. The first-order valence-corrected chi connectivity index (χ1v) is 5.78. The Morgan fingerprint density at radius 1 is 1.35 bits per heavy atom. The first kappa shape index (κ1) is 13.7. The average molecular weight is 278 g/mol. The summed E-state index contributed by atoms with van der Waals surface area (Å²) in [5, 5.41) is 13.1. The van der Waals surface area contributed by atoms with Gasteiger partial charge in [0.2, 0.25) is 0 Å². The normalized spacial score (nSPS) is 18.3. The van der Waals surface area contributed by atoms with Crippen LogP contribution in [0.3, 0.4) is 0 Å². The van der Waals surface area contributed by atoms with Gasteiger partial charge in [-0.3, -0.25) is 19.7 Å². The lowest BCUT2D eigenvalue weighted by molar-refractivity contribution is -0.385. The lowest BCUT2D eigenvalue weighted by Crippen LogP contribution is -2.45. The Morgan fingerprint density at radius 2 is 2.05 bits per heavy atom. The molecule has 1 amide bonds. The van der Waals surface area contributed by atoms with E-state index in [2.05, 4.69) is 10.1 Å². The summed E-state index contributed by atoms with van der Waals surface area (Å²) in [6.07, 6.45) is 0.123. The van der Waals surface area contributed by atoms with Gasteiger partial charge in [0.25, 0.3) is 11.6 Å². The SMILES string of the molecule is O=C1CCC(NC(=O)c2ccccc2[N+](=O)[O-])C(=O)O1. The lowest BCUT2D eigenvalue weighted by atomic mass is 10.1. The molecule has 0 spiro atoms. The van der Waals surface area contributed by atoms with Crippen molar-refractivity contribution in [1.82, 2.24) is 5.32 Å². The fourth-order valence-electron chi connectivity index (χ4n) is 1.81. The van der Waals surface area contributed by atoms with Crippen LogP contribution in [0.15, 0.2) is 24.3 Å². The Labute approximate surface area is 112 Å². The van der Waals surface area contributed by atoms with Crippen molar-refractivity contribution in [3.8, 4) is 0 Å². The van der Waals surface area contributed by atoms with Gasteiger partial charge in [0.15, 0.2) is 0 Å². The molecule has 1 aliphatic heterocycles. The Bertz CT molecular complexity index is 597. The Hall–Kier alpha value is -2.77. The van der Waals surface area contributed by atoms with Gasteiger partial charge in [-0.05, 0) is 12.5 Å². The molecule has 1 fully saturated rings.